The van der Waals surface area contributed by atoms with Crippen LogP contribution < -0.4 is 5.73 Å². The zero-order valence-corrected chi connectivity index (χ0v) is 5.17. The maximum Gasteiger partial charge on any atom is 0.110 e. The first-order valence-electron chi connectivity index (χ1n) is 3.28. The molecule has 3 nitrogen and oxygen atoms in total. The zero-order valence-electron chi connectivity index (χ0n) is 5.17. The van der Waals surface area contributed by atoms with Crippen molar-refractivity contribution < 1.29 is 10.2 Å². The van der Waals surface area contributed by atoms with Crippen LogP contribution in [0.2, 0.25) is 0 Å². The van der Waals surface area contributed by atoms with Crippen LogP contribution in [-0.4, -0.2) is 27.5 Å². The molecule has 0 saturated heterocycles. The number of nitrogens with two attached hydrogens (primary N) is 1. The Kier molecular flexibility index (Phi) is 0.732. The third-order valence-electron chi connectivity index (χ3n) is 2.74. The minimum absolute atomic E-state index is 0.424. The molecule has 3 atom stereocenters. The normalized spacial score (nSPS) is 63.7. The highest BCUT2D eigenvalue weighted by molar-refractivity contribution is 5.28. The highest BCUT2D eigenvalue weighted by atomic mass is 16.4. The van der Waals surface area contributed by atoms with Gasteiger partial charge in [0.1, 0.15) is 5.60 Å². The molecule has 4 N–H and O–H groups in total. The van der Waals surface area contributed by atoms with E-state index >= 15 is 0 Å². The lowest BCUT2D eigenvalue weighted by molar-refractivity contribution is 0.00697. The summed E-state index contributed by atoms with van der Waals surface area (Å²) >= 11 is 0. The number of fused-ring (bicyclic) bond motifs is 1. The maximum atomic E-state index is 9.42. The fourth-order valence-corrected chi connectivity index (χ4v) is 1.82. The number of hydrogen-bond acceptors (Lipinski definition) is 3. The molecule has 9 heavy (non-hydrogen) atoms. The van der Waals surface area contributed by atoms with Gasteiger partial charge in [-0.25, -0.2) is 0 Å². The van der Waals surface area contributed by atoms with E-state index in [4.69, 9.17) is 10.8 Å². The van der Waals surface area contributed by atoms with Crippen LogP contribution in [0.1, 0.15) is 19.3 Å². The van der Waals surface area contributed by atoms with E-state index in [-0.39, 0.29) is 0 Å². The molecule has 3 heteroatoms. The van der Waals surface area contributed by atoms with Gasteiger partial charge in [-0.05, 0) is 12.8 Å². The summed E-state index contributed by atoms with van der Waals surface area (Å²) < 4.78 is 0. The standard InChI is InChI=1S/C6H11NO2/c7-5-2-1-4(8)6(5,9)3-5/h4,8-9H,1-3,7H2/t4-,5+,6?/m1/s1. The molecule has 0 aromatic heterocycles. The summed E-state index contributed by atoms with van der Waals surface area (Å²) in [6.07, 6.45) is 1.45. The molecule has 0 bridgehead atoms. The molecule has 0 aliphatic heterocycles. The van der Waals surface area contributed by atoms with Gasteiger partial charge in [0.15, 0.2) is 0 Å². The summed E-state index contributed by atoms with van der Waals surface area (Å²) in [5.41, 5.74) is 4.33. The first-order valence-corrected chi connectivity index (χ1v) is 3.28. The van der Waals surface area contributed by atoms with Crippen molar-refractivity contribution in [3.05, 3.63) is 0 Å². The van der Waals surface area contributed by atoms with Gasteiger partial charge in [0, 0.05) is 6.42 Å². The lowest BCUT2D eigenvalue weighted by atomic mass is 10.2. The Labute approximate surface area is 53.5 Å². The van der Waals surface area contributed by atoms with Crippen LogP contribution in [0.3, 0.4) is 0 Å². The van der Waals surface area contributed by atoms with Crippen molar-refractivity contribution in [2.24, 2.45) is 5.73 Å². The Hall–Kier alpha value is -0.120. The van der Waals surface area contributed by atoms with Crippen LogP contribution in [0.25, 0.3) is 0 Å². The fourth-order valence-electron chi connectivity index (χ4n) is 1.82. The molecule has 1 unspecified atom stereocenters. The Balaban J connectivity index is 2.27. The molecule has 0 spiro atoms. The molecule has 0 aromatic carbocycles. The molecule has 2 saturated carbocycles. The van der Waals surface area contributed by atoms with Gasteiger partial charge >= 0.3 is 0 Å². The van der Waals surface area contributed by atoms with E-state index in [0.29, 0.717) is 12.8 Å². The van der Waals surface area contributed by atoms with E-state index in [1.54, 1.807) is 0 Å². The molecule has 2 fully saturated rings. The van der Waals surface area contributed by atoms with Crippen molar-refractivity contribution in [1.82, 2.24) is 0 Å². The molecule has 2 aliphatic carbocycles. The summed E-state index contributed by atoms with van der Waals surface area (Å²) in [7, 11) is 0. The van der Waals surface area contributed by atoms with E-state index in [0.717, 1.165) is 6.42 Å². The van der Waals surface area contributed by atoms with Gasteiger partial charge in [-0.3, -0.25) is 0 Å². The maximum absolute atomic E-state index is 9.42. The van der Waals surface area contributed by atoms with E-state index in [1.165, 1.54) is 0 Å². The SMILES string of the molecule is N[C@]12CC[C@@H](O)C1(O)C2. The summed E-state index contributed by atoms with van der Waals surface area (Å²) in [6.45, 7) is 0. The second-order valence-corrected chi connectivity index (χ2v) is 3.31. The van der Waals surface area contributed by atoms with Crippen molar-refractivity contribution in [3.63, 3.8) is 0 Å². The third kappa shape index (κ3) is 0.440. The van der Waals surface area contributed by atoms with Crippen molar-refractivity contribution in [2.75, 3.05) is 0 Å². The van der Waals surface area contributed by atoms with Crippen LogP contribution in [0, 0.1) is 0 Å². The number of aliphatic hydroxyl groups excluding tert-OH is 1. The van der Waals surface area contributed by atoms with E-state index in [2.05, 4.69) is 0 Å². The first-order chi connectivity index (χ1) is 4.08. The Bertz CT molecular complexity index is 157. The van der Waals surface area contributed by atoms with E-state index in [9.17, 15) is 5.11 Å². The van der Waals surface area contributed by atoms with Crippen LogP contribution in [-0.2, 0) is 0 Å². The Morgan fingerprint density at radius 2 is 2.22 bits per heavy atom. The van der Waals surface area contributed by atoms with Gasteiger partial charge in [-0.2, -0.15) is 0 Å². The molecule has 0 aromatic rings. The van der Waals surface area contributed by atoms with Gasteiger partial charge in [0.2, 0.25) is 0 Å². The summed E-state index contributed by atoms with van der Waals surface area (Å²) in [6, 6.07) is 0. The Morgan fingerprint density at radius 1 is 1.56 bits per heavy atom. The minimum Gasteiger partial charge on any atom is -0.390 e. The molecular weight excluding hydrogens is 118 g/mol. The Morgan fingerprint density at radius 3 is 2.33 bits per heavy atom. The second kappa shape index (κ2) is 1.17. The average Bonchev–Trinajstić information content (AvgIpc) is 2.26. The van der Waals surface area contributed by atoms with E-state index < -0.39 is 17.2 Å². The lowest BCUT2D eigenvalue weighted by Gasteiger charge is -2.10. The number of aliphatic hydroxyl groups is 2. The molecule has 0 heterocycles. The van der Waals surface area contributed by atoms with Crippen molar-refractivity contribution in [2.45, 2.75) is 36.5 Å². The monoisotopic (exact) mass is 129 g/mol. The van der Waals surface area contributed by atoms with Crippen LogP contribution >= 0.6 is 0 Å². The average molecular weight is 129 g/mol. The lowest BCUT2D eigenvalue weighted by Crippen LogP contribution is -2.34. The highest BCUT2D eigenvalue weighted by Gasteiger charge is 2.71. The fraction of sp³-hybridized carbons (Fsp3) is 1.00. The molecular formula is C6H11NO2. The smallest absolute Gasteiger partial charge is 0.110 e. The predicted octanol–water partition coefficient (Wildman–Crippen LogP) is -1.03. The molecule has 2 aliphatic rings. The van der Waals surface area contributed by atoms with Gasteiger partial charge in [0.25, 0.3) is 0 Å². The zero-order chi connectivity index (χ0) is 6.70. The van der Waals surface area contributed by atoms with Crippen LogP contribution in [0.5, 0.6) is 0 Å². The van der Waals surface area contributed by atoms with Gasteiger partial charge < -0.3 is 15.9 Å². The largest absolute Gasteiger partial charge is 0.390 e. The molecule has 0 radical (unpaired) electrons. The summed E-state index contributed by atoms with van der Waals surface area (Å²) in [5.74, 6) is 0. The number of hydrogen-bond donors (Lipinski definition) is 3. The number of rotatable bonds is 0. The van der Waals surface area contributed by atoms with Crippen molar-refractivity contribution in [1.29, 1.82) is 0 Å². The van der Waals surface area contributed by atoms with E-state index in [1.807, 2.05) is 0 Å². The van der Waals surface area contributed by atoms with Crippen LogP contribution in [0.15, 0.2) is 0 Å². The molecule has 52 valence electrons. The third-order valence-corrected chi connectivity index (χ3v) is 2.74. The van der Waals surface area contributed by atoms with Crippen LogP contribution in [0.4, 0.5) is 0 Å². The summed E-state index contributed by atoms with van der Waals surface area (Å²) in [4.78, 5) is 0. The predicted molar refractivity (Wildman–Crippen MR) is 31.7 cm³/mol. The quantitative estimate of drug-likeness (QED) is 0.392. The van der Waals surface area contributed by atoms with Gasteiger partial charge in [-0.1, -0.05) is 0 Å². The molecule has 2 rings (SSSR count). The topological polar surface area (TPSA) is 66.5 Å². The van der Waals surface area contributed by atoms with Gasteiger partial charge in [0.05, 0.1) is 11.6 Å². The first kappa shape index (κ1) is 5.65. The summed E-state index contributed by atoms with van der Waals surface area (Å²) in [5, 5.41) is 18.6. The van der Waals surface area contributed by atoms with Crippen molar-refractivity contribution >= 4 is 0 Å². The minimum atomic E-state index is -0.910. The molecule has 0 amide bonds. The second-order valence-electron chi connectivity index (χ2n) is 3.31. The van der Waals surface area contributed by atoms with Gasteiger partial charge in [-0.15, -0.1) is 0 Å². The highest BCUT2D eigenvalue weighted by Crippen LogP contribution is 2.57. The van der Waals surface area contributed by atoms with Crippen molar-refractivity contribution in [3.8, 4) is 0 Å².